The number of aliphatic hydroxyl groups is 7. The maximum atomic E-state index is 12.9. The highest BCUT2D eigenvalue weighted by Gasteiger charge is 2.47. The standard InChI is InChI=1S/C47H78O15/c1-3-5-7-9-11-13-14-15-16-17-18-19-20-22-24-26-28-30-39(50)60-35(32-57-38(49)29-27-25-23-21-12-10-8-6-4-2)33-58-46-45(56)43(54)41(52)37(62-46)34-59-47-44(55)42(53)40(51)36(31-48)61-47/h5,7,11,13,15-16,18-19,22,24,35-37,40-48,51-56H,3-4,6,8-10,12,14,17,20-21,23,25-34H2,1-2H3/b7-5-,13-11-,16-15-,19-18-,24-22-. The van der Waals surface area contributed by atoms with Gasteiger partial charge in [0.05, 0.1) is 19.8 Å². The maximum Gasteiger partial charge on any atom is 0.306 e. The van der Waals surface area contributed by atoms with Crippen LogP contribution in [-0.4, -0.2) is 142 Å². The van der Waals surface area contributed by atoms with Crippen molar-refractivity contribution in [1.82, 2.24) is 0 Å². The molecule has 2 saturated heterocycles. The monoisotopic (exact) mass is 883 g/mol. The zero-order valence-corrected chi connectivity index (χ0v) is 37.1. The van der Waals surface area contributed by atoms with Gasteiger partial charge in [0, 0.05) is 12.8 Å². The molecule has 0 aromatic rings. The van der Waals surface area contributed by atoms with Crippen molar-refractivity contribution < 1.29 is 73.8 Å². The van der Waals surface area contributed by atoms with Crippen LogP contribution in [0, 0.1) is 0 Å². The molecule has 11 atom stereocenters. The molecule has 2 fully saturated rings. The van der Waals surface area contributed by atoms with Gasteiger partial charge in [0.1, 0.15) is 55.4 Å². The third-order valence-electron chi connectivity index (χ3n) is 10.5. The minimum Gasteiger partial charge on any atom is -0.462 e. The molecule has 2 rings (SSSR count). The molecule has 0 aliphatic carbocycles. The van der Waals surface area contributed by atoms with Crippen LogP contribution in [-0.2, 0) is 38.0 Å². The predicted octanol–water partition coefficient (Wildman–Crippen LogP) is 4.92. The van der Waals surface area contributed by atoms with Crippen LogP contribution >= 0.6 is 0 Å². The Bertz CT molecular complexity index is 1320. The number of esters is 2. The second kappa shape index (κ2) is 34.6. The fraction of sp³-hybridized carbons (Fsp3) is 0.745. The molecule has 0 saturated carbocycles. The second-order valence-corrected chi connectivity index (χ2v) is 15.9. The van der Waals surface area contributed by atoms with Crippen LogP contribution < -0.4 is 0 Å². The SMILES string of the molecule is CC/C=C\C/C=C\C/C=C\C/C=C\C/C=C\CCCC(=O)OC(COC(=O)CCCCCCCCCCC)COC1OC(COC2OC(CO)C(O)C(O)C2O)C(O)C(O)C1O. The lowest BCUT2D eigenvalue weighted by Gasteiger charge is -2.42. The minimum absolute atomic E-state index is 0.0853. The van der Waals surface area contributed by atoms with Crippen molar-refractivity contribution in [1.29, 1.82) is 0 Å². The minimum atomic E-state index is -1.77. The van der Waals surface area contributed by atoms with Gasteiger partial charge in [-0.25, -0.2) is 0 Å². The molecule has 15 nitrogen and oxygen atoms in total. The first-order chi connectivity index (χ1) is 30.0. The molecule has 2 aliphatic rings. The smallest absolute Gasteiger partial charge is 0.306 e. The first kappa shape index (κ1) is 55.3. The van der Waals surface area contributed by atoms with Crippen LogP contribution in [0.5, 0.6) is 0 Å². The summed E-state index contributed by atoms with van der Waals surface area (Å²) in [6.45, 7) is 2.35. The topological polar surface area (TPSA) is 231 Å². The molecule has 62 heavy (non-hydrogen) atoms. The van der Waals surface area contributed by atoms with Crippen LogP contribution in [0.15, 0.2) is 60.8 Å². The van der Waals surface area contributed by atoms with Crippen LogP contribution in [0.3, 0.4) is 0 Å². The van der Waals surface area contributed by atoms with Crippen molar-refractivity contribution in [2.75, 3.05) is 26.4 Å². The molecule has 0 spiro atoms. The van der Waals surface area contributed by atoms with Gasteiger partial charge in [0.2, 0.25) is 0 Å². The van der Waals surface area contributed by atoms with Crippen molar-refractivity contribution in [3.63, 3.8) is 0 Å². The van der Waals surface area contributed by atoms with Gasteiger partial charge in [-0.2, -0.15) is 0 Å². The van der Waals surface area contributed by atoms with E-state index >= 15 is 0 Å². The summed E-state index contributed by atoms with van der Waals surface area (Å²) in [6, 6.07) is 0. The summed E-state index contributed by atoms with van der Waals surface area (Å²) in [7, 11) is 0. The first-order valence-electron chi connectivity index (χ1n) is 22.9. The summed E-state index contributed by atoms with van der Waals surface area (Å²) in [6.07, 6.45) is 20.0. The van der Waals surface area contributed by atoms with Gasteiger partial charge in [0.15, 0.2) is 18.7 Å². The van der Waals surface area contributed by atoms with Crippen molar-refractivity contribution in [3.8, 4) is 0 Å². The first-order valence-corrected chi connectivity index (χ1v) is 22.9. The van der Waals surface area contributed by atoms with Gasteiger partial charge >= 0.3 is 11.9 Å². The molecule has 2 heterocycles. The lowest BCUT2D eigenvalue weighted by molar-refractivity contribution is -0.332. The highest BCUT2D eigenvalue weighted by Crippen LogP contribution is 2.26. The van der Waals surface area contributed by atoms with E-state index in [0.717, 1.165) is 51.4 Å². The maximum absolute atomic E-state index is 12.9. The molecule has 0 radical (unpaired) electrons. The number of allylic oxidation sites excluding steroid dienone is 10. The lowest BCUT2D eigenvalue weighted by atomic mass is 9.98. The fourth-order valence-electron chi connectivity index (χ4n) is 6.72. The summed E-state index contributed by atoms with van der Waals surface area (Å²) in [5.74, 6) is -1.00. The van der Waals surface area contributed by atoms with E-state index in [-0.39, 0.29) is 19.4 Å². The molecule has 0 aromatic heterocycles. The number of carbonyl (C=O) groups excluding carboxylic acids is 2. The van der Waals surface area contributed by atoms with Gasteiger partial charge < -0.3 is 64.2 Å². The van der Waals surface area contributed by atoms with Crippen LogP contribution in [0.4, 0.5) is 0 Å². The zero-order chi connectivity index (χ0) is 45.4. The highest BCUT2D eigenvalue weighted by molar-refractivity contribution is 5.70. The van der Waals surface area contributed by atoms with Crippen LogP contribution in [0.2, 0.25) is 0 Å². The number of aliphatic hydroxyl groups excluding tert-OH is 7. The number of carbonyl (C=O) groups is 2. The van der Waals surface area contributed by atoms with Crippen molar-refractivity contribution in [2.24, 2.45) is 0 Å². The Labute approximate surface area is 369 Å². The van der Waals surface area contributed by atoms with Gasteiger partial charge in [-0.3, -0.25) is 9.59 Å². The Morgan fingerprint density at radius 1 is 0.532 bits per heavy atom. The third kappa shape index (κ3) is 23.2. The normalized spacial score (nSPS) is 27.6. The lowest BCUT2D eigenvalue weighted by Crippen LogP contribution is -2.61. The van der Waals surface area contributed by atoms with Gasteiger partial charge in [0.25, 0.3) is 0 Å². The van der Waals surface area contributed by atoms with E-state index in [1.54, 1.807) is 0 Å². The molecule has 11 unspecified atom stereocenters. The van der Waals surface area contributed by atoms with E-state index in [1.807, 2.05) is 12.2 Å². The summed E-state index contributed by atoms with van der Waals surface area (Å²) in [5, 5.41) is 71.8. The molecule has 15 heteroatoms. The Morgan fingerprint density at radius 3 is 1.58 bits per heavy atom. The molecule has 0 bridgehead atoms. The molecule has 0 aromatic carbocycles. The van der Waals surface area contributed by atoms with Crippen LogP contribution in [0.25, 0.3) is 0 Å². The summed E-state index contributed by atoms with van der Waals surface area (Å²) >= 11 is 0. The largest absolute Gasteiger partial charge is 0.462 e. The van der Waals surface area contributed by atoms with E-state index in [1.165, 1.54) is 32.1 Å². The third-order valence-corrected chi connectivity index (χ3v) is 10.5. The Balaban J connectivity index is 1.88. The summed E-state index contributed by atoms with van der Waals surface area (Å²) < 4.78 is 33.3. The number of hydrogen-bond donors (Lipinski definition) is 7. The van der Waals surface area contributed by atoms with E-state index in [4.69, 9.17) is 28.4 Å². The molecule has 7 N–H and O–H groups in total. The number of ether oxygens (including phenoxy) is 6. The molecule has 0 amide bonds. The average Bonchev–Trinajstić information content (AvgIpc) is 3.26. The second-order valence-electron chi connectivity index (χ2n) is 15.9. The van der Waals surface area contributed by atoms with Crippen LogP contribution in [0.1, 0.15) is 129 Å². The molecule has 356 valence electrons. The van der Waals surface area contributed by atoms with Crippen molar-refractivity contribution in [2.45, 2.75) is 197 Å². The predicted molar refractivity (Wildman–Crippen MR) is 233 cm³/mol. The molecule has 2 aliphatic heterocycles. The Hall–Kier alpha value is -2.80. The zero-order valence-electron chi connectivity index (χ0n) is 37.1. The van der Waals surface area contributed by atoms with E-state index in [9.17, 15) is 45.3 Å². The molecular formula is C47H78O15. The van der Waals surface area contributed by atoms with E-state index in [0.29, 0.717) is 19.3 Å². The highest BCUT2D eigenvalue weighted by atomic mass is 16.7. The summed E-state index contributed by atoms with van der Waals surface area (Å²) in [5.41, 5.74) is 0. The number of unbranched alkanes of at least 4 members (excludes halogenated alkanes) is 9. The Morgan fingerprint density at radius 2 is 1.02 bits per heavy atom. The fourth-order valence-corrected chi connectivity index (χ4v) is 6.72. The molecular weight excluding hydrogens is 805 g/mol. The number of hydrogen-bond acceptors (Lipinski definition) is 15. The van der Waals surface area contributed by atoms with Crippen molar-refractivity contribution in [3.05, 3.63) is 60.8 Å². The van der Waals surface area contributed by atoms with E-state index < -0.39 is 99.3 Å². The summed E-state index contributed by atoms with van der Waals surface area (Å²) in [4.78, 5) is 25.5. The van der Waals surface area contributed by atoms with Gasteiger partial charge in [-0.15, -0.1) is 0 Å². The quantitative estimate of drug-likeness (QED) is 0.0263. The van der Waals surface area contributed by atoms with Gasteiger partial charge in [-0.05, 0) is 51.4 Å². The van der Waals surface area contributed by atoms with E-state index in [2.05, 4.69) is 62.5 Å². The van der Waals surface area contributed by atoms with Gasteiger partial charge in [-0.1, -0.05) is 126 Å². The van der Waals surface area contributed by atoms with Crippen molar-refractivity contribution >= 4 is 11.9 Å². The Kier molecular flexibility index (Phi) is 30.9. The average molecular weight is 883 g/mol. The number of rotatable bonds is 33.